The highest BCUT2D eigenvalue weighted by Gasteiger charge is 2.54. The van der Waals surface area contributed by atoms with Crippen molar-refractivity contribution in [3.63, 3.8) is 0 Å². The number of hydrogen-bond acceptors (Lipinski definition) is 0. The first-order valence-corrected chi connectivity index (χ1v) is 24.8. The van der Waals surface area contributed by atoms with Crippen LogP contribution in [-0.2, 0) is 38.9 Å². The Morgan fingerprint density at radius 3 is 0.776 bits per heavy atom. The Morgan fingerprint density at radius 2 is 0.493 bits per heavy atom. The normalized spacial score (nSPS) is 15.5. The van der Waals surface area contributed by atoms with Crippen LogP contribution in [0.2, 0.25) is 0 Å². The van der Waals surface area contributed by atoms with E-state index >= 15 is 0 Å². The predicted molar refractivity (Wildman–Crippen MR) is 283 cm³/mol. The maximum atomic E-state index is 2.60. The summed E-state index contributed by atoms with van der Waals surface area (Å²) in [6, 6.07) is 63.0. The molecule has 0 atom stereocenters. The molecule has 0 saturated heterocycles. The fourth-order valence-corrected chi connectivity index (χ4v) is 12.8. The van der Waals surface area contributed by atoms with E-state index in [0.29, 0.717) is 0 Å². The van der Waals surface area contributed by atoms with E-state index in [0.717, 1.165) is 6.42 Å². The molecule has 0 aromatic heterocycles. The van der Waals surface area contributed by atoms with Gasteiger partial charge in [0.1, 0.15) is 0 Å². The minimum atomic E-state index is -0.425. The van der Waals surface area contributed by atoms with Gasteiger partial charge in [0.25, 0.3) is 0 Å². The summed E-state index contributed by atoms with van der Waals surface area (Å²) < 4.78 is 0. The van der Waals surface area contributed by atoms with Crippen LogP contribution in [0.5, 0.6) is 0 Å². The lowest BCUT2D eigenvalue weighted by Crippen LogP contribution is -2.27. The predicted octanol–water partition coefficient (Wildman–Crippen LogP) is 17.2. The summed E-state index contributed by atoms with van der Waals surface area (Å²) >= 11 is 0. The van der Waals surface area contributed by atoms with Crippen molar-refractivity contribution in [3.05, 3.63) is 236 Å². The molecule has 0 heteroatoms. The van der Waals surface area contributed by atoms with Crippen LogP contribution < -0.4 is 0 Å². The minimum Gasteiger partial charge on any atom is -0.0619 e. The van der Waals surface area contributed by atoms with Gasteiger partial charge in [0, 0.05) is 0 Å². The third-order valence-electron chi connectivity index (χ3n) is 16.4. The highest BCUT2D eigenvalue weighted by Crippen LogP contribution is 2.65. The Kier molecular flexibility index (Phi) is 8.61. The molecule has 0 unspecified atom stereocenters. The molecule has 0 aliphatic heterocycles. The molecule has 0 bridgehead atoms. The summed E-state index contributed by atoms with van der Waals surface area (Å²) in [5.41, 5.74) is 29.6. The molecular formula is C67H64. The second-order valence-corrected chi connectivity index (χ2v) is 24.6. The molecule has 67 heavy (non-hydrogen) atoms. The summed E-state index contributed by atoms with van der Waals surface area (Å²) in [4.78, 5) is 0. The Morgan fingerprint density at radius 1 is 0.254 bits per heavy atom. The molecule has 4 aliphatic carbocycles. The van der Waals surface area contributed by atoms with E-state index in [9.17, 15) is 0 Å². The lowest BCUT2D eigenvalue weighted by Gasteiger charge is -2.33. The van der Waals surface area contributed by atoms with Crippen molar-refractivity contribution in [3.8, 4) is 44.5 Å². The molecule has 12 rings (SSSR count). The average molecular weight is 869 g/mol. The maximum Gasteiger partial charge on any atom is 0.0725 e. The number of benzene rings is 8. The van der Waals surface area contributed by atoms with Crippen LogP contribution in [0.1, 0.15) is 161 Å². The molecule has 0 nitrogen and oxygen atoms in total. The highest BCUT2D eigenvalue weighted by atomic mass is 14.6. The summed E-state index contributed by atoms with van der Waals surface area (Å²) in [6.07, 6.45) is 0.840. The molecule has 0 N–H and O–H groups in total. The Labute approximate surface area is 400 Å². The molecule has 2 spiro atoms. The first-order valence-electron chi connectivity index (χ1n) is 24.8. The zero-order chi connectivity index (χ0) is 46.8. The van der Waals surface area contributed by atoms with E-state index in [2.05, 4.69) is 241 Å². The standard InChI is InChI=1S/C67H64/c1-62(2,3)42-23-29-50-51-30-24-43(63(4,5)6)37-59(51)66(58(50)36-42)54-19-15-13-17-46(54)48-27-21-40(34-56(48)66)33-41-22-28-49-47-18-14-16-20-55(47)67(57(49)35-41)60-38-44(64(7,8)9)25-31-52(60)53-32-26-45(39-61(53)67)65(10,11)12/h13-32,34-39H,33H2,1-12H3. The van der Waals surface area contributed by atoms with E-state index in [1.165, 1.54) is 122 Å². The molecule has 0 radical (unpaired) electrons. The average Bonchev–Trinajstić information content (AvgIpc) is 3.95. The first-order chi connectivity index (χ1) is 31.7. The molecule has 8 aromatic rings. The summed E-state index contributed by atoms with van der Waals surface area (Å²) in [6.45, 7) is 28.2. The van der Waals surface area contributed by atoms with Gasteiger partial charge in [0.15, 0.2) is 0 Å². The molecular weight excluding hydrogens is 805 g/mol. The fraction of sp³-hybridized carbons (Fsp3) is 0.284. The molecule has 4 aliphatic rings. The van der Waals surface area contributed by atoms with Crippen molar-refractivity contribution in [1.82, 2.24) is 0 Å². The SMILES string of the molecule is CC(C)(C)c1ccc2c(c1)C1(c3ccccc3-c3ccc(Cc4ccc5c(c4)C4(c6ccccc6-5)c5cc(C(C)(C)C)ccc5-c5ccc(C(C)(C)C)cc54)cc31)c1cc(C(C)(C)C)ccc1-2. The Bertz CT molecular complexity index is 3050. The van der Waals surface area contributed by atoms with Crippen LogP contribution in [0.25, 0.3) is 44.5 Å². The van der Waals surface area contributed by atoms with Crippen molar-refractivity contribution >= 4 is 0 Å². The van der Waals surface area contributed by atoms with Gasteiger partial charge in [-0.25, -0.2) is 0 Å². The van der Waals surface area contributed by atoms with E-state index in [1.54, 1.807) is 0 Å². The van der Waals surface area contributed by atoms with E-state index in [-0.39, 0.29) is 21.7 Å². The molecule has 0 amide bonds. The largest absolute Gasteiger partial charge is 0.0725 e. The van der Waals surface area contributed by atoms with Crippen LogP contribution in [0, 0.1) is 0 Å². The van der Waals surface area contributed by atoms with Crippen molar-refractivity contribution in [2.45, 2.75) is 122 Å². The summed E-state index contributed by atoms with van der Waals surface area (Å²) in [5.74, 6) is 0. The van der Waals surface area contributed by atoms with Crippen molar-refractivity contribution in [2.75, 3.05) is 0 Å². The van der Waals surface area contributed by atoms with Crippen LogP contribution in [-0.4, -0.2) is 0 Å². The highest BCUT2D eigenvalue weighted by molar-refractivity contribution is 5.97. The third kappa shape index (κ3) is 5.78. The van der Waals surface area contributed by atoms with Crippen LogP contribution in [0.15, 0.2) is 158 Å². The van der Waals surface area contributed by atoms with Gasteiger partial charge in [0.2, 0.25) is 0 Å². The monoisotopic (exact) mass is 869 g/mol. The van der Waals surface area contributed by atoms with Gasteiger partial charge in [-0.3, -0.25) is 0 Å². The van der Waals surface area contributed by atoms with Crippen molar-refractivity contribution < 1.29 is 0 Å². The molecule has 0 fully saturated rings. The third-order valence-corrected chi connectivity index (χ3v) is 16.4. The van der Waals surface area contributed by atoms with Gasteiger partial charge in [-0.05, 0) is 150 Å². The van der Waals surface area contributed by atoms with Gasteiger partial charge >= 0.3 is 0 Å². The van der Waals surface area contributed by atoms with Gasteiger partial charge in [-0.15, -0.1) is 0 Å². The molecule has 0 heterocycles. The van der Waals surface area contributed by atoms with Crippen LogP contribution in [0.4, 0.5) is 0 Å². The van der Waals surface area contributed by atoms with Crippen molar-refractivity contribution in [2.24, 2.45) is 0 Å². The zero-order valence-corrected chi connectivity index (χ0v) is 41.7. The van der Waals surface area contributed by atoms with Gasteiger partial charge in [-0.2, -0.15) is 0 Å². The van der Waals surface area contributed by atoms with Gasteiger partial charge < -0.3 is 0 Å². The zero-order valence-electron chi connectivity index (χ0n) is 41.7. The summed E-state index contributed by atoms with van der Waals surface area (Å²) in [5, 5.41) is 0. The lowest BCUT2D eigenvalue weighted by molar-refractivity contribution is 0.586. The molecule has 0 saturated carbocycles. The van der Waals surface area contributed by atoms with Crippen LogP contribution in [0.3, 0.4) is 0 Å². The topological polar surface area (TPSA) is 0 Å². The fourth-order valence-electron chi connectivity index (χ4n) is 12.8. The molecule has 332 valence electrons. The lowest BCUT2D eigenvalue weighted by atomic mass is 9.68. The Balaban J connectivity index is 1.07. The second kappa shape index (κ2) is 13.7. The number of hydrogen-bond donors (Lipinski definition) is 0. The quantitative estimate of drug-likeness (QED) is 0.162. The van der Waals surface area contributed by atoms with Gasteiger partial charge in [0.05, 0.1) is 10.8 Å². The summed E-state index contributed by atoms with van der Waals surface area (Å²) in [7, 11) is 0. The number of fused-ring (bicyclic) bond motifs is 20. The van der Waals surface area contributed by atoms with E-state index in [4.69, 9.17) is 0 Å². The maximum absolute atomic E-state index is 2.60. The van der Waals surface area contributed by atoms with Crippen molar-refractivity contribution in [1.29, 1.82) is 0 Å². The second-order valence-electron chi connectivity index (χ2n) is 24.6. The van der Waals surface area contributed by atoms with E-state index in [1.807, 2.05) is 0 Å². The molecule has 8 aromatic carbocycles. The minimum absolute atomic E-state index is 0.0118. The first kappa shape index (κ1) is 42.1. The number of rotatable bonds is 2. The van der Waals surface area contributed by atoms with Crippen LogP contribution >= 0.6 is 0 Å². The smallest absolute Gasteiger partial charge is 0.0619 e. The van der Waals surface area contributed by atoms with E-state index < -0.39 is 10.8 Å². The van der Waals surface area contributed by atoms with Gasteiger partial charge in [-0.1, -0.05) is 241 Å². The Hall–Kier alpha value is -6.24.